The molecule has 0 aliphatic heterocycles. The molecule has 5 heteroatoms. The highest BCUT2D eigenvalue weighted by atomic mass is 127. The van der Waals surface area contributed by atoms with Gasteiger partial charge >= 0.3 is 0 Å². The van der Waals surface area contributed by atoms with E-state index in [0.717, 1.165) is 27.4 Å². The third-order valence-corrected chi connectivity index (χ3v) is 2.89. The van der Waals surface area contributed by atoms with Crippen LogP contribution in [0.2, 0.25) is 5.02 Å². The van der Waals surface area contributed by atoms with Crippen LogP contribution in [0.3, 0.4) is 0 Å². The molecule has 0 saturated heterocycles. The lowest BCUT2D eigenvalue weighted by atomic mass is 10.3. The Bertz CT molecular complexity index is 470. The van der Waals surface area contributed by atoms with E-state index in [1.165, 1.54) is 0 Å². The van der Waals surface area contributed by atoms with Gasteiger partial charge in [-0.05, 0) is 40.8 Å². The molecular weight excluding hydrogens is 336 g/mol. The third kappa shape index (κ3) is 3.38. The minimum atomic E-state index is 0.749. The van der Waals surface area contributed by atoms with Crippen LogP contribution in [-0.2, 0) is 6.54 Å². The molecule has 0 amide bonds. The molecule has 2 rings (SSSR count). The van der Waals surface area contributed by atoms with E-state index < -0.39 is 0 Å². The Hall–Kier alpha value is -0.750. The number of benzene rings is 1. The number of rotatable bonds is 4. The van der Waals surface area contributed by atoms with E-state index in [4.69, 9.17) is 11.6 Å². The molecule has 1 heterocycles. The first-order chi connectivity index (χ1) is 7.74. The van der Waals surface area contributed by atoms with Crippen LogP contribution in [0.5, 0.6) is 0 Å². The monoisotopic (exact) mass is 347 g/mol. The van der Waals surface area contributed by atoms with Crippen molar-refractivity contribution < 1.29 is 0 Å². The second-order valence-corrected chi connectivity index (χ2v) is 5.04. The number of anilines is 1. The maximum Gasteiger partial charge on any atom is 0.0623 e. The minimum absolute atomic E-state index is 0.749. The van der Waals surface area contributed by atoms with Crippen LogP contribution in [0.15, 0.2) is 36.7 Å². The van der Waals surface area contributed by atoms with E-state index in [0.29, 0.717) is 0 Å². The first kappa shape index (κ1) is 11.7. The molecule has 1 aromatic heterocycles. The molecule has 0 unspecified atom stereocenters. The van der Waals surface area contributed by atoms with Crippen molar-refractivity contribution in [1.82, 2.24) is 9.78 Å². The maximum atomic E-state index is 5.89. The summed E-state index contributed by atoms with van der Waals surface area (Å²) in [5, 5.41) is 8.25. The summed E-state index contributed by atoms with van der Waals surface area (Å²) in [6.07, 6.45) is 3.86. The van der Waals surface area contributed by atoms with Gasteiger partial charge in [0, 0.05) is 23.5 Å². The van der Waals surface area contributed by atoms with Gasteiger partial charge in [-0.15, -0.1) is 0 Å². The Labute approximate surface area is 113 Å². The molecule has 3 nitrogen and oxygen atoms in total. The fraction of sp³-hybridized carbons (Fsp3) is 0.182. The predicted molar refractivity (Wildman–Crippen MR) is 74.9 cm³/mol. The van der Waals surface area contributed by atoms with Crippen LogP contribution in [0.4, 0.5) is 5.69 Å². The summed E-state index contributed by atoms with van der Waals surface area (Å²) in [5.41, 5.74) is 1.04. The van der Waals surface area contributed by atoms with Gasteiger partial charge in [0.05, 0.1) is 16.3 Å². The summed E-state index contributed by atoms with van der Waals surface area (Å²) in [5.74, 6) is 0. The molecule has 0 spiro atoms. The minimum Gasteiger partial charge on any atom is -0.383 e. The van der Waals surface area contributed by atoms with Gasteiger partial charge in [-0.25, -0.2) is 0 Å². The second-order valence-electron chi connectivity index (χ2n) is 3.36. The fourth-order valence-electron chi connectivity index (χ4n) is 1.37. The zero-order valence-electron chi connectivity index (χ0n) is 8.53. The zero-order valence-corrected chi connectivity index (χ0v) is 11.4. The van der Waals surface area contributed by atoms with E-state index in [1.54, 1.807) is 0 Å². The van der Waals surface area contributed by atoms with Gasteiger partial charge in [0.2, 0.25) is 0 Å². The molecule has 2 aromatic rings. The molecule has 0 fully saturated rings. The Morgan fingerprint density at radius 1 is 1.44 bits per heavy atom. The van der Waals surface area contributed by atoms with Gasteiger partial charge < -0.3 is 5.32 Å². The van der Waals surface area contributed by atoms with Crippen molar-refractivity contribution >= 4 is 39.9 Å². The molecule has 1 N–H and O–H groups in total. The summed E-state index contributed by atoms with van der Waals surface area (Å²) in [4.78, 5) is 0. The molecule has 0 radical (unpaired) electrons. The molecule has 0 bridgehead atoms. The van der Waals surface area contributed by atoms with Crippen molar-refractivity contribution in [2.24, 2.45) is 0 Å². The lowest BCUT2D eigenvalue weighted by Crippen LogP contribution is -2.10. The van der Waals surface area contributed by atoms with E-state index in [-0.39, 0.29) is 0 Å². The first-order valence-corrected chi connectivity index (χ1v) is 6.37. The molecule has 84 valence electrons. The standard InChI is InChI=1S/C11H11ClIN3/c12-9-2-1-3-11(6-9)14-4-5-16-8-10(13)7-15-16/h1-3,6-8,14H,4-5H2. The Balaban J connectivity index is 1.84. The van der Waals surface area contributed by atoms with E-state index in [2.05, 4.69) is 33.0 Å². The lowest BCUT2D eigenvalue weighted by molar-refractivity contribution is 0.637. The molecular formula is C11H11ClIN3. The summed E-state index contributed by atoms with van der Waals surface area (Å²) in [6, 6.07) is 7.71. The number of aromatic nitrogens is 2. The number of nitrogens with one attached hydrogen (secondary N) is 1. The largest absolute Gasteiger partial charge is 0.383 e. The molecule has 16 heavy (non-hydrogen) atoms. The quantitative estimate of drug-likeness (QED) is 0.861. The summed E-state index contributed by atoms with van der Waals surface area (Å²) in [6.45, 7) is 1.67. The number of halogens is 2. The third-order valence-electron chi connectivity index (χ3n) is 2.10. The van der Waals surface area contributed by atoms with Crippen LogP contribution in [0.1, 0.15) is 0 Å². The molecule has 0 aliphatic carbocycles. The first-order valence-electron chi connectivity index (χ1n) is 4.91. The van der Waals surface area contributed by atoms with E-state index in [1.807, 2.05) is 41.3 Å². The van der Waals surface area contributed by atoms with Crippen molar-refractivity contribution in [2.75, 3.05) is 11.9 Å². The Morgan fingerprint density at radius 2 is 2.31 bits per heavy atom. The van der Waals surface area contributed by atoms with Crippen molar-refractivity contribution in [3.63, 3.8) is 0 Å². The summed E-state index contributed by atoms with van der Waals surface area (Å²) < 4.78 is 3.07. The van der Waals surface area contributed by atoms with Crippen LogP contribution in [-0.4, -0.2) is 16.3 Å². The van der Waals surface area contributed by atoms with Gasteiger partial charge in [0.25, 0.3) is 0 Å². The van der Waals surface area contributed by atoms with Crippen molar-refractivity contribution in [1.29, 1.82) is 0 Å². The van der Waals surface area contributed by atoms with Gasteiger partial charge in [-0.3, -0.25) is 4.68 Å². The van der Waals surface area contributed by atoms with Crippen molar-refractivity contribution in [2.45, 2.75) is 6.54 Å². The predicted octanol–water partition coefficient (Wildman–Crippen LogP) is 3.25. The average molecular weight is 348 g/mol. The lowest BCUT2D eigenvalue weighted by Gasteiger charge is -2.06. The topological polar surface area (TPSA) is 29.9 Å². The van der Waals surface area contributed by atoms with Crippen molar-refractivity contribution in [3.05, 3.63) is 45.3 Å². The van der Waals surface area contributed by atoms with Gasteiger partial charge in [-0.1, -0.05) is 17.7 Å². The highest BCUT2D eigenvalue weighted by Gasteiger charge is 1.96. The fourth-order valence-corrected chi connectivity index (χ4v) is 2.01. The van der Waals surface area contributed by atoms with Gasteiger partial charge in [-0.2, -0.15) is 5.10 Å². The highest BCUT2D eigenvalue weighted by Crippen LogP contribution is 2.14. The molecule has 0 atom stereocenters. The molecule has 1 aromatic carbocycles. The van der Waals surface area contributed by atoms with Gasteiger partial charge in [0.15, 0.2) is 0 Å². The molecule has 0 aliphatic rings. The van der Waals surface area contributed by atoms with E-state index in [9.17, 15) is 0 Å². The Kier molecular flexibility index (Phi) is 4.06. The van der Waals surface area contributed by atoms with Gasteiger partial charge in [0.1, 0.15) is 0 Å². The normalized spacial score (nSPS) is 10.4. The Morgan fingerprint density at radius 3 is 3.00 bits per heavy atom. The van der Waals surface area contributed by atoms with Crippen LogP contribution >= 0.6 is 34.2 Å². The number of nitrogens with zero attached hydrogens (tertiary/aromatic N) is 2. The average Bonchev–Trinajstić information content (AvgIpc) is 2.64. The zero-order chi connectivity index (χ0) is 11.4. The van der Waals surface area contributed by atoms with Crippen molar-refractivity contribution in [3.8, 4) is 0 Å². The van der Waals surface area contributed by atoms with E-state index >= 15 is 0 Å². The SMILES string of the molecule is Clc1cccc(NCCn2cc(I)cn2)c1. The smallest absolute Gasteiger partial charge is 0.0623 e. The van der Waals surface area contributed by atoms with Crippen LogP contribution in [0, 0.1) is 3.57 Å². The number of hydrogen-bond acceptors (Lipinski definition) is 2. The maximum absolute atomic E-state index is 5.89. The summed E-state index contributed by atoms with van der Waals surface area (Å²) in [7, 11) is 0. The second kappa shape index (κ2) is 5.54. The van der Waals surface area contributed by atoms with Crippen LogP contribution in [0.25, 0.3) is 0 Å². The molecule has 0 saturated carbocycles. The number of hydrogen-bond donors (Lipinski definition) is 1. The highest BCUT2D eigenvalue weighted by molar-refractivity contribution is 14.1. The summed E-state index contributed by atoms with van der Waals surface area (Å²) >= 11 is 8.13. The van der Waals surface area contributed by atoms with Crippen LogP contribution < -0.4 is 5.32 Å².